The number of halogens is 2. The van der Waals surface area contributed by atoms with Crippen LogP contribution < -0.4 is 15.4 Å². The third-order valence-corrected chi connectivity index (χ3v) is 4.64. The minimum Gasteiger partial charge on any atom is -0.492 e. The van der Waals surface area contributed by atoms with Crippen molar-refractivity contribution < 1.29 is 4.74 Å². The molecule has 26 heavy (non-hydrogen) atoms. The van der Waals surface area contributed by atoms with Gasteiger partial charge in [-0.3, -0.25) is 0 Å². The van der Waals surface area contributed by atoms with Gasteiger partial charge in [-0.05, 0) is 57.9 Å². The topological polar surface area (TPSA) is 48.9 Å². The lowest BCUT2D eigenvalue weighted by Gasteiger charge is -2.35. The number of piperidine rings is 1. The number of hydrogen-bond acceptors (Lipinski definition) is 3. The molecule has 1 aliphatic rings. The Labute approximate surface area is 179 Å². The van der Waals surface area contributed by atoms with Gasteiger partial charge in [0.15, 0.2) is 5.96 Å². The molecule has 1 saturated heterocycles. The first-order chi connectivity index (χ1) is 12.1. The second kappa shape index (κ2) is 12.6. The van der Waals surface area contributed by atoms with Gasteiger partial charge in [0.2, 0.25) is 0 Å². The number of nitrogens with one attached hydrogen (secondary N) is 2. The third-order valence-electron chi connectivity index (χ3n) is 4.39. The van der Waals surface area contributed by atoms with Crippen LogP contribution in [-0.4, -0.2) is 55.7 Å². The molecule has 1 fully saturated rings. The summed E-state index contributed by atoms with van der Waals surface area (Å²) >= 11 is 5.87. The van der Waals surface area contributed by atoms with Crippen LogP contribution in [0.1, 0.15) is 33.6 Å². The van der Waals surface area contributed by atoms with E-state index >= 15 is 0 Å². The van der Waals surface area contributed by atoms with Crippen LogP contribution in [0.2, 0.25) is 5.02 Å². The smallest absolute Gasteiger partial charge is 0.191 e. The summed E-state index contributed by atoms with van der Waals surface area (Å²) in [6, 6.07) is 8.53. The second-order valence-corrected chi connectivity index (χ2v) is 7.05. The highest BCUT2D eigenvalue weighted by atomic mass is 127. The average molecular weight is 495 g/mol. The molecule has 0 aromatic heterocycles. The van der Waals surface area contributed by atoms with Gasteiger partial charge in [0.05, 0.1) is 6.54 Å². The predicted molar refractivity (Wildman–Crippen MR) is 121 cm³/mol. The maximum Gasteiger partial charge on any atom is 0.191 e. The molecule has 0 radical (unpaired) electrons. The van der Waals surface area contributed by atoms with Crippen LogP contribution in [0.4, 0.5) is 0 Å². The second-order valence-electron chi connectivity index (χ2n) is 6.61. The molecular formula is C19H32ClIN4O. The minimum atomic E-state index is 0. The van der Waals surface area contributed by atoms with E-state index in [4.69, 9.17) is 16.3 Å². The van der Waals surface area contributed by atoms with Crippen molar-refractivity contribution in [3.8, 4) is 5.75 Å². The largest absolute Gasteiger partial charge is 0.492 e. The highest BCUT2D eigenvalue weighted by Gasteiger charge is 2.21. The van der Waals surface area contributed by atoms with Gasteiger partial charge < -0.3 is 20.3 Å². The standard InChI is InChI=1S/C19H31ClN4O.HI/c1-4-21-19(23-17-9-12-24(13-10-17)15(2)3)22-11-14-25-18-7-5-16(20)6-8-18;/h5-8,15,17H,4,9-14H2,1-3H3,(H2,21,22,23);1H. The van der Waals surface area contributed by atoms with Crippen molar-refractivity contribution in [1.29, 1.82) is 0 Å². The van der Waals surface area contributed by atoms with Gasteiger partial charge in [-0.1, -0.05) is 11.6 Å². The highest BCUT2D eigenvalue weighted by Crippen LogP contribution is 2.15. The normalized spacial score (nSPS) is 16.3. The molecule has 1 aromatic rings. The Kier molecular flexibility index (Phi) is 11.3. The van der Waals surface area contributed by atoms with E-state index in [-0.39, 0.29) is 24.0 Å². The molecule has 148 valence electrons. The van der Waals surface area contributed by atoms with E-state index in [1.165, 1.54) is 0 Å². The van der Waals surface area contributed by atoms with E-state index < -0.39 is 0 Å². The summed E-state index contributed by atoms with van der Waals surface area (Å²) in [6.07, 6.45) is 2.31. The van der Waals surface area contributed by atoms with Crippen molar-refractivity contribution in [1.82, 2.24) is 15.5 Å². The van der Waals surface area contributed by atoms with Gasteiger partial charge in [0, 0.05) is 36.7 Å². The van der Waals surface area contributed by atoms with Crippen LogP contribution in [0.15, 0.2) is 29.3 Å². The van der Waals surface area contributed by atoms with E-state index in [1.807, 2.05) is 24.3 Å². The molecule has 1 heterocycles. The first kappa shape index (κ1) is 23.3. The van der Waals surface area contributed by atoms with Crippen molar-refractivity contribution in [3.63, 3.8) is 0 Å². The van der Waals surface area contributed by atoms with E-state index in [2.05, 4.69) is 41.3 Å². The van der Waals surface area contributed by atoms with E-state index in [0.29, 0.717) is 30.3 Å². The molecule has 0 unspecified atom stereocenters. The number of nitrogens with zero attached hydrogens (tertiary/aromatic N) is 2. The van der Waals surface area contributed by atoms with Crippen molar-refractivity contribution in [2.75, 3.05) is 32.8 Å². The molecule has 1 aromatic carbocycles. The van der Waals surface area contributed by atoms with Gasteiger partial charge in [-0.2, -0.15) is 0 Å². The lowest BCUT2D eigenvalue weighted by molar-refractivity contribution is 0.167. The number of aliphatic imine (C=N–C) groups is 1. The maximum absolute atomic E-state index is 5.87. The van der Waals surface area contributed by atoms with Crippen molar-refractivity contribution >= 4 is 41.5 Å². The first-order valence-corrected chi connectivity index (χ1v) is 9.63. The first-order valence-electron chi connectivity index (χ1n) is 9.25. The number of likely N-dealkylation sites (tertiary alicyclic amines) is 1. The minimum absolute atomic E-state index is 0. The van der Waals surface area contributed by atoms with Crippen molar-refractivity contribution in [2.45, 2.75) is 45.7 Å². The van der Waals surface area contributed by atoms with Crippen LogP contribution in [0.3, 0.4) is 0 Å². The molecule has 1 aliphatic heterocycles. The quantitative estimate of drug-likeness (QED) is 0.262. The molecule has 5 nitrogen and oxygen atoms in total. The fraction of sp³-hybridized carbons (Fsp3) is 0.632. The fourth-order valence-corrected chi connectivity index (χ4v) is 3.05. The van der Waals surface area contributed by atoms with Crippen LogP contribution >= 0.6 is 35.6 Å². The van der Waals surface area contributed by atoms with Gasteiger partial charge in [-0.15, -0.1) is 24.0 Å². The molecular weight excluding hydrogens is 463 g/mol. The van der Waals surface area contributed by atoms with Gasteiger partial charge >= 0.3 is 0 Å². The maximum atomic E-state index is 5.87. The summed E-state index contributed by atoms with van der Waals surface area (Å²) in [4.78, 5) is 7.15. The molecule has 0 spiro atoms. The summed E-state index contributed by atoms with van der Waals surface area (Å²) in [5.41, 5.74) is 0. The highest BCUT2D eigenvalue weighted by molar-refractivity contribution is 14.0. The molecule has 0 bridgehead atoms. The summed E-state index contributed by atoms with van der Waals surface area (Å²) in [5, 5.41) is 7.60. The van der Waals surface area contributed by atoms with Crippen LogP contribution in [-0.2, 0) is 0 Å². The lowest BCUT2D eigenvalue weighted by Crippen LogP contribution is -2.50. The van der Waals surface area contributed by atoms with Crippen molar-refractivity contribution in [2.24, 2.45) is 4.99 Å². The van der Waals surface area contributed by atoms with Crippen LogP contribution in [0, 0.1) is 0 Å². The van der Waals surface area contributed by atoms with E-state index in [1.54, 1.807) is 0 Å². The van der Waals surface area contributed by atoms with Crippen LogP contribution in [0.5, 0.6) is 5.75 Å². The summed E-state index contributed by atoms with van der Waals surface area (Å²) in [7, 11) is 0. The number of guanidine groups is 1. The third kappa shape index (κ3) is 8.31. The molecule has 7 heteroatoms. The Balaban J connectivity index is 0.00000338. The molecule has 0 atom stereocenters. The Morgan fingerprint density at radius 3 is 2.50 bits per heavy atom. The van der Waals surface area contributed by atoms with E-state index in [9.17, 15) is 0 Å². The lowest BCUT2D eigenvalue weighted by atomic mass is 10.0. The zero-order valence-corrected chi connectivity index (χ0v) is 19.1. The van der Waals surface area contributed by atoms with Gasteiger partial charge in [0.25, 0.3) is 0 Å². The molecule has 0 aliphatic carbocycles. The number of hydrogen-bond donors (Lipinski definition) is 2. The van der Waals surface area contributed by atoms with Crippen molar-refractivity contribution in [3.05, 3.63) is 29.3 Å². The molecule has 0 saturated carbocycles. The molecule has 0 amide bonds. The number of rotatable bonds is 7. The predicted octanol–water partition coefficient (Wildman–Crippen LogP) is 3.76. The number of benzene rings is 1. The molecule has 2 N–H and O–H groups in total. The monoisotopic (exact) mass is 494 g/mol. The SMILES string of the molecule is CCNC(=NCCOc1ccc(Cl)cc1)NC1CCN(C(C)C)CC1.I. The summed E-state index contributed by atoms with van der Waals surface area (Å²) < 4.78 is 5.69. The van der Waals surface area contributed by atoms with Gasteiger partial charge in [0.1, 0.15) is 12.4 Å². The zero-order valence-electron chi connectivity index (χ0n) is 16.0. The van der Waals surface area contributed by atoms with E-state index in [0.717, 1.165) is 44.2 Å². The van der Waals surface area contributed by atoms with Gasteiger partial charge in [-0.25, -0.2) is 4.99 Å². The average Bonchev–Trinajstić information content (AvgIpc) is 2.61. The Bertz CT molecular complexity index is 531. The Morgan fingerprint density at radius 1 is 1.27 bits per heavy atom. The number of ether oxygens (including phenoxy) is 1. The Hall–Kier alpha value is -0.730. The van der Waals surface area contributed by atoms with Crippen LogP contribution in [0.25, 0.3) is 0 Å². The zero-order chi connectivity index (χ0) is 18.1. The summed E-state index contributed by atoms with van der Waals surface area (Å²) in [6.45, 7) is 10.9. The fourth-order valence-electron chi connectivity index (χ4n) is 2.93. The molecule has 2 rings (SSSR count). The summed E-state index contributed by atoms with van der Waals surface area (Å²) in [5.74, 6) is 1.70. The Morgan fingerprint density at radius 2 is 1.92 bits per heavy atom.